The molecule has 2 rings (SSSR count). The molecule has 7 heteroatoms. The van der Waals surface area contributed by atoms with Crippen LogP contribution in [0.1, 0.15) is 10.5 Å². The van der Waals surface area contributed by atoms with Crippen molar-refractivity contribution in [1.29, 1.82) is 0 Å². The van der Waals surface area contributed by atoms with Gasteiger partial charge in [-0.05, 0) is 18.2 Å². The van der Waals surface area contributed by atoms with E-state index < -0.39 is 5.97 Å². The third kappa shape index (κ3) is 2.69. The molecule has 0 unspecified atom stereocenters. The highest BCUT2D eigenvalue weighted by molar-refractivity contribution is 6.35. The van der Waals surface area contributed by atoms with Gasteiger partial charge in [-0.15, -0.1) is 0 Å². The van der Waals surface area contributed by atoms with Crippen LogP contribution in [0.2, 0.25) is 10.0 Å². The summed E-state index contributed by atoms with van der Waals surface area (Å²) in [6, 6.07) is 4.57. The molecule has 0 spiro atoms. The van der Waals surface area contributed by atoms with Crippen molar-refractivity contribution in [2.24, 2.45) is 0 Å². The van der Waals surface area contributed by atoms with E-state index in [1.807, 2.05) is 0 Å². The van der Waals surface area contributed by atoms with Crippen molar-refractivity contribution in [3.8, 4) is 11.6 Å². The predicted octanol–water partition coefficient (Wildman–Crippen LogP) is 3.27. The van der Waals surface area contributed by atoms with Crippen LogP contribution in [0.3, 0.4) is 0 Å². The van der Waals surface area contributed by atoms with Crippen LogP contribution < -0.4 is 4.74 Å². The molecule has 1 aromatic carbocycles. The van der Waals surface area contributed by atoms with E-state index in [1.54, 1.807) is 6.07 Å². The maximum Gasteiger partial charge on any atom is 0.360 e. The number of carbonyl (C=O) groups is 1. The maximum atomic E-state index is 10.9. The van der Waals surface area contributed by atoms with Gasteiger partial charge in [0.2, 0.25) is 5.69 Å². The Bertz CT molecular complexity index is 605. The van der Waals surface area contributed by atoms with E-state index in [4.69, 9.17) is 33.0 Å². The first kappa shape index (κ1) is 12.6. The van der Waals surface area contributed by atoms with Gasteiger partial charge >= 0.3 is 5.97 Å². The van der Waals surface area contributed by atoms with E-state index in [0.717, 1.165) is 0 Å². The second kappa shape index (κ2) is 5.20. The molecular formula is C11H6Cl2N2O3. The molecule has 5 nitrogen and oxygen atoms in total. The molecule has 0 atom stereocenters. The third-order valence-corrected chi connectivity index (χ3v) is 2.50. The molecule has 0 aliphatic carbocycles. The summed E-state index contributed by atoms with van der Waals surface area (Å²) in [4.78, 5) is 18.4. The smallest absolute Gasteiger partial charge is 0.360 e. The van der Waals surface area contributed by atoms with Crippen molar-refractivity contribution < 1.29 is 14.6 Å². The van der Waals surface area contributed by atoms with Crippen molar-refractivity contribution >= 4 is 29.2 Å². The summed E-state index contributed by atoms with van der Waals surface area (Å²) in [6.45, 7) is 0. The fraction of sp³-hybridized carbons (Fsp3) is 0. The lowest BCUT2D eigenvalue weighted by molar-refractivity contribution is 0.0686. The summed E-state index contributed by atoms with van der Waals surface area (Å²) in [6.07, 6.45) is 2.59. The Morgan fingerprint density at radius 2 is 1.94 bits per heavy atom. The highest BCUT2D eigenvalue weighted by atomic mass is 35.5. The first-order valence-corrected chi connectivity index (χ1v) is 5.50. The van der Waals surface area contributed by atoms with Gasteiger partial charge in [0.1, 0.15) is 5.75 Å². The maximum absolute atomic E-state index is 10.9. The summed E-state index contributed by atoms with van der Waals surface area (Å²) >= 11 is 11.6. The fourth-order valence-electron chi connectivity index (χ4n) is 1.21. The van der Waals surface area contributed by atoms with Gasteiger partial charge in [0.25, 0.3) is 5.88 Å². The van der Waals surface area contributed by atoms with Gasteiger partial charge in [0, 0.05) is 17.4 Å². The van der Waals surface area contributed by atoms with Crippen molar-refractivity contribution in [2.75, 3.05) is 0 Å². The Kier molecular flexibility index (Phi) is 3.64. The zero-order valence-electron chi connectivity index (χ0n) is 8.80. The molecule has 1 aromatic heterocycles. The molecule has 0 aliphatic heterocycles. The standard InChI is InChI=1S/C11H6Cl2N2O3/c12-6-1-2-8(7(13)5-6)18-10-9(11(16)17)14-3-4-15-10/h1-5H,(H,16,17). The molecule has 1 heterocycles. The molecule has 2 aromatic rings. The number of aromatic carboxylic acids is 1. The van der Waals surface area contributed by atoms with Gasteiger partial charge in [-0.1, -0.05) is 23.2 Å². The lowest BCUT2D eigenvalue weighted by Gasteiger charge is -2.08. The molecule has 0 saturated carbocycles. The lowest BCUT2D eigenvalue weighted by Crippen LogP contribution is -2.04. The van der Waals surface area contributed by atoms with Crippen LogP contribution in [0.4, 0.5) is 0 Å². The molecule has 0 amide bonds. The predicted molar refractivity (Wildman–Crippen MR) is 65.5 cm³/mol. The van der Waals surface area contributed by atoms with Crippen LogP contribution in [-0.4, -0.2) is 21.0 Å². The van der Waals surface area contributed by atoms with Gasteiger partial charge in [0.15, 0.2) is 0 Å². The Balaban J connectivity index is 2.37. The first-order chi connectivity index (χ1) is 8.58. The Morgan fingerprint density at radius 3 is 2.61 bits per heavy atom. The molecule has 1 N–H and O–H groups in total. The topological polar surface area (TPSA) is 72.3 Å². The molecule has 0 saturated heterocycles. The molecule has 0 aliphatic rings. The van der Waals surface area contributed by atoms with E-state index in [-0.39, 0.29) is 22.3 Å². The highest BCUT2D eigenvalue weighted by Crippen LogP contribution is 2.31. The van der Waals surface area contributed by atoms with Crippen LogP contribution in [0, 0.1) is 0 Å². The number of carboxylic acid groups (broad SMARTS) is 1. The largest absolute Gasteiger partial charge is 0.476 e. The summed E-state index contributed by atoms with van der Waals surface area (Å²) in [5.74, 6) is -1.11. The number of ether oxygens (including phenoxy) is 1. The third-order valence-electron chi connectivity index (χ3n) is 1.97. The van der Waals surface area contributed by atoms with E-state index in [9.17, 15) is 4.79 Å². The number of hydrogen-bond acceptors (Lipinski definition) is 4. The number of nitrogens with zero attached hydrogens (tertiary/aromatic N) is 2. The quantitative estimate of drug-likeness (QED) is 0.936. The summed E-state index contributed by atoms with van der Waals surface area (Å²) < 4.78 is 5.31. The zero-order valence-corrected chi connectivity index (χ0v) is 10.3. The number of hydrogen-bond donors (Lipinski definition) is 1. The SMILES string of the molecule is O=C(O)c1nccnc1Oc1ccc(Cl)cc1Cl. The van der Waals surface area contributed by atoms with E-state index >= 15 is 0 Å². The Hall–Kier alpha value is -1.85. The van der Waals surface area contributed by atoms with E-state index in [2.05, 4.69) is 9.97 Å². The van der Waals surface area contributed by atoms with E-state index in [1.165, 1.54) is 24.5 Å². The average molecular weight is 285 g/mol. The van der Waals surface area contributed by atoms with Crippen molar-refractivity contribution in [1.82, 2.24) is 9.97 Å². The van der Waals surface area contributed by atoms with Crippen molar-refractivity contribution in [3.63, 3.8) is 0 Å². The summed E-state index contributed by atoms with van der Waals surface area (Å²) in [5, 5.41) is 9.62. The minimum absolute atomic E-state index is 0.130. The minimum Gasteiger partial charge on any atom is -0.476 e. The van der Waals surface area contributed by atoms with Gasteiger partial charge in [-0.3, -0.25) is 0 Å². The average Bonchev–Trinajstić information content (AvgIpc) is 2.33. The number of halogens is 2. The lowest BCUT2D eigenvalue weighted by atomic mass is 10.3. The molecular weight excluding hydrogens is 279 g/mol. The minimum atomic E-state index is -1.23. The highest BCUT2D eigenvalue weighted by Gasteiger charge is 2.15. The fourth-order valence-corrected chi connectivity index (χ4v) is 1.66. The van der Waals surface area contributed by atoms with Crippen LogP contribution in [0.15, 0.2) is 30.6 Å². The van der Waals surface area contributed by atoms with Crippen LogP contribution in [0.25, 0.3) is 0 Å². The van der Waals surface area contributed by atoms with Crippen molar-refractivity contribution in [2.45, 2.75) is 0 Å². The van der Waals surface area contributed by atoms with Crippen LogP contribution in [-0.2, 0) is 0 Å². The van der Waals surface area contributed by atoms with E-state index in [0.29, 0.717) is 5.02 Å². The molecule has 18 heavy (non-hydrogen) atoms. The van der Waals surface area contributed by atoms with Gasteiger partial charge < -0.3 is 9.84 Å². The van der Waals surface area contributed by atoms with Crippen LogP contribution >= 0.6 is 23.2 Å². The monoisotopic (exact) mass is 284 g/mol. The van der Waals surface area contributed by atoms with Crippen LogP contribution in [0.5, 0.6) is 11.6 Å². The normalized spacial score (nSPS) is 10.1. The Morgan fingerprint density at radius 1 is 1.22 bits per heavy atom. The summed E-state index contributed by atoms with van der Waals surface area (Å²) in [5.41, 5.74) is -0.288. The zero-order chi connectivity index (χ0) is 13.1. The van der Waals surface area contributed by atoms with Gasteiger partial charge in [-0.25, -0.2) is 14.8 Å². The number of carboxylic acids is 1. The van der Waals surface area contributed by atoms with Gasteiger partial charge in [0.05, 0.1) is 5.02 Å². The second-order valence-corrected chi connectivity index (χ2v) is 4.04. The Labute approximate surface area is 112 Å². The number of aromatic nitrogens is 2. The number of rotatable bonds is 3. The summed E-state index contributed by atoms with van der Waals surface area (Å²) in [7, 11) is 0. The van der Waals surface area contributed by atoms with Gasteiger partial charge in [-0.2, -0.15) is 0 Å². The molecule has 0 bridgehead atoms. The number of benzene rings is 1. The molecule has 0 radical (unpaired) electrons. The molecule has 0 fully saturated rings. The van der Waals surface area contributed by atoms with Crippen molar-refractivity contribution in [3.05, 3.63) is 46.3 Å². The first-order valence-electron chi connectivity index (χ1n) is 4.75. The second-order valence-electron chi connectivity index (χ2n) is 3.19. The molecule has 92 valence electrons.